The molecule has 0 radical (unpaired) electrons. The van der Waals surface area contributed by atoms with Crippen molar-refractivity contribution in [3.8, 4) is 11.5 Å². The number of furan rings is 1. The number of ether oxygens (including phenoxy) is 2. The molecular weight excluding hydrogens is 427 g/mol. The van der Waals surface area contributed by atoms with Crippen molar-refractivity contribution in [2.45, 2.75) is 13.1 Å². The number of carbonyl (C=O) groups excluding carboxylic acids is 2. The van der Waals surface area contributed by atoms with Gasteiger partial charge in [-0.15, -0.1) is 6.58 Å². The number of benzene rings is 2. The van der Waals surface area contributed by atoms with Crippen molar-refractivity contribution >= 4 is 11.8 Å². The Hall–Kier alpha value is -4.07. The topological polar surface area (TPSA) is 72.2 Å². The van der Waals surface area contributed by atoms with E-state index in [4.69, 9.17) is 13.9 Å². The maximum Gasteiger partial charge on any atom is 0.257 e. The molecule has 4 rings (SSSR count). The van der Waals surface area contributed by atoms with Crippen molar-refractivity contribution in [2.75, 3.05) is 19.9 Å². The van der Waals surface area contributed by atoms with E-state index in [9.17, 15) is 14.0 Å². The summed E-state index contributed by atoms with van der Waals surface area (Å²) in [4.78, 5) is 29.1. The van der Waals surface area contributed by atoms with Crippen molar-refractivity contribution in [1.29, 1.82) is 0 Å². The Labute approximate surface area is 190 Å². The average Bonchev–Trinajstić information content (AvgIpc) is 3.50. The summed E-state index contributed by atoms with van der Waals surface area (Å²) >= 11 is 0. The first kappa shape index (κ1) is 22.1. The number of rotatable bonds is 9. The highest BCUT2D eigenvalue weighted by Gasteiger charge is 2.25. The lowest BCUT2D eigenvalue weighted by Crippen LogP contribution is -2.42. The Morgan fingerprint density at radius 3 is 2.58 bits per heavy atom. The number of carbonyl (C=O) groups is 2. The fourth-order valence-corrected chi connectivity index (χ4v) is 3.53. The van der Waals surface area contributed by atoms with Crippen LogP contribution in [0.3, 0.4) is 0 Å². The molecule has 7 nitrogen and oxygen atoms in total. The predicted octanol–water partition coefficient (Wildman–Crippen LogP) is 4.00. The second kappa shape index (κ2) is 10.0. The minimum Gasteiger partial charge on any atom is -0.467 e. The molecule has 3 aromatic rings. The zero-order valence-corrected chi connectivity index (χ0v) is 17.9. The van der Waals surface area contributed by atoms with Gasteiger partial charge in [0.2, 0.25) is 12.7 Å². The predicted molar refractivity (Wildman–Crippen MR) is 118 cm³/mol. The highest BCUT2D eigenvalue weighted by molar-refractivity contribution is 5.96. The summed E-state index contributed by atoms with van der Waals surface area (Å²) in [5, 5.41) is 0. The van der Waals surface area contributed by atoms with Gasteiger partial charge in [-0.3, -0.25) is 9.59 Å². The standard InChI is InChI=1S/C25H23FN2O5/c1-2-11-27(25(30)20-7-3-4-8-21(20)26)16-24(29)28(15-19-6-5-12-31-19)14-18-9-10-22-23(13-18)33-17-32-22/h2-10,12-13H,1,11,14-17H2. The third-order valence-electron chi connectivity index (χ3n) is 5.16. The molecule has 1 aliphatic rings. The Morgan fingerprint density at radius 2 is 1.82 bits per heavy atom. The van der Waals surface area contributed by atoms with E-state index in [-0.39, 0.29) is 44.4 Å². The first-order chi connectivity index (χ1) is 16.0. The molecule has 8 heteroatoms. The van der Waals surface area contributed by atoms with Crippen LogP contribution in [0.25, 0.3) is 0 Å². The molecule has 1 aromatic heterocycles. The fourth-order valence-electron chi connectivity index (χ4n) is 3.53. The van der Waals surface area contributed by atoms with Crippen molar-refractivity contribution in [3.63, 3.8) is 0 Å². The van der Waals surface area contributed by atoms with Gasteiger partial charge in [-0.1, -0.05) is 24.3 Å². The normalized spacial score (nSPS) is 11.8. The molecule has 0 N–H and O–H groups in total. The summed E-state index contributed by atoms with van der Waals surface area (Å²) in [5.41, 5.74) is 0.732. The Kier molecular flexibility index (Phi) is 6.73. The van der Waals surface area contributed by atoms with Gasteiger partial charge in [-0.25, -0.2) is 4.39 Å². The van der Waals surface area contributed by atoms with Crippen LogP contribution in [0.2, 0.25) is 0 Å². The first-order valence-electron chi connectivity index (χ1n) is 10.4. The van der Waals surface area contributed by atoms with Gasteiger partial charge >= 0.3 is 0 Å². The Balaban J connectivity index is 1.54. The van der Waals surface area contributed by atoms with Crippen molar-refractivity contribution in [3.05, 3.63) is 96.2 Å². The number of hydrogen-bond acceptors (Lipinski definition) is 5. The van der Waals surface area contributed by atoms with Crippen LogP contribution in [-0.4, -0.2) is 41.5 Å². The van der Waals surface area contributed by atoms with Crippen LogP contribution in [0.15, 0.2) is 77.9 Å². The summed E-state index contributed by atoms with van der Waals surface area (Å²) in [5.74, 6) is 0.311. The lowest BCUT2D eigenvalue weighted by atomic mass is 10.1. The molecule has 0 atom stereocenters. The maximum absolute atomic E-state index is 14.2. The van der Waals surface area contributed by atoms with Gasteiger partial charge in [0.15, 0.2) is 11.5 Å². The summed E-state index contributed by atoms with van der Waals surface area (Å²) in [6.45, 7) is 4.12. The molecular formula is C25H23FN2O5. The smallest absolute Gasteiger partial charge is 0.257 e. The van der Waals surface area contributed by atoms with E-state index < -0.39 is 11.7 Å². The number of hydrogen-bond donors (Lipinski definition) is 0. The van der Waals surface area contributed by atoms with Crippen LogP contribution in [0.1, 0.15) is 21.7 Å². The zero-order chi connectivity index (χ0) is 23.2. The highest BCUT2D eigenvalue weighted by atomic mass is 19.1. The van der Waals surface area contributed by atoms with E-state index in [0.29, 0.717) is 17.3 Å². The second-order valence-electron chi connectivity index (χ2n) is 7.47. The molecule has 0 saturated carbocycles. The quantitative estimate of drug-likeness (QED) is 0.461. The van der Waals surface area contributed by atoms with Crippen LogP contribution >= 0.6 is 0 Å². The summed E-state index contributed by atoms with van der Waals surface area (Å²) in [6.07, 6.45) is 3.03. The van der Waals surface area contributed by atoms with E-state index in [2.05, 4.69) is 6.58 Å². The van der Waals surface area contributed by atoms with Crippen LogP contribution < -0.4 is 9.47 Å². The molecule has 0 fully saturated rings. The van der Waals surface area contributed by atoms with E-state index >= 15 is 0 Å². The van der Waals surface area contributed by atoms with Gasteiger partial charge in [0, 0.05) is 13.1 Å². The molecule has 2 heterocycles. The van der Waals surface area contributed by atoms with Crippen molar-refractivity contribution < 1.29 is 27.9 Å². The van der Waals surface area contributed by atoms with Gasteiger partial charge in [0.1, 0.15) is 18.1 Å². The molecule has 1 aliphatic heterocycles. The summed E-state index contributed by atoms with van der Waals surface area (Å²) in [7, 11) is 0. The van der Waals surface area contributed by atoms with Crippen molar-refractivity contribution in [2.24, 2.45) is 0 Å². The van der Waals surface area contributed by atoms with Crippen LogP contribution in [0, 0.1) is 5.82 Å². The molecule has 0 unspecified atom stereocenters. The molecule has 170 valence electrons. The summed E-state index contributed by atoms with van der Waals surface area (Å²) < 4.78 is 30.4. The molecule has 2 amide bonds. The Bertz CT molecular complexity index is 1150. The number of halogens is 1. The van der Waals surface area contributed by atoms with E-state index in [0.717, 1.165) is 5.56 Å². The largest absolute Gasteiger partial charge is 0.467 e. The number of fused-ring (bicyclic) bond motifs is 1. The van der Waals surface area contributed by atoms with Gasteiger partial charge < -0.3 is 23.7 Å². The lowest BCUT2D eigenvalue weighted by Gasteiger charge is -2.27. The van der Waals surface area contributed by atoms with Gasteiger partial charge in [-0.2, -0.15) is 0 Å². The fraction of sp³-hybridized carbons (Fsp3) is 0.200. The molecule has 33 heavy (non-hydrogen) atoms. The first-order valence-corrected chi connectivity index (χ1v) is 10.4. The molecule has 0 saturated heterocycles. The minimum absolute atomic E-state index is 0.0948. The van der Waals surface area contributed by atoms with E-state index in [1.807, 2.05) is 12.1 Å². The summed E-state index contributed by atoms with van der Waals surface area (Å²) in [6, 6.07) is 14.7. The van der Waals surface area contributed by atoms with Gasteiger partial charge in [0.25, 0.3) is 5.91 Å². The van der Waals surface area contributed by atoms with Crippen molar-refractivity contribution in [1.82, 2.24) is 9.80 Å². The van der Waals surface area contributed by atoms with Crippen LogP contribution in [-0.2, 0) is 17.9 Å². The maximum atomic E-state index is 14.2. The molecule has 0 bridgehead atoms. The SMILES string of the molecule is C=CCN(CC(=O)N(Cc1ccc2c(c1)OCO2)Cc1ccco1)C(=O)c1ccccc1F. The third-order valence-corrected chi connectivity index (χ3v) is 5.16. The van der Waals surface area contributed by atoms with Gasteiger partial charge in [-0.05, 0) is 42.0 Å². The monoisotopic (exact) mass is 450 g/mol. The molecule has 0 aliphatic carbocycles. The lowest BCUT2D eigenvalue weighted by molar-refractivity contribution is -0.133. The Morgan fingerprint density at radius 1 is 1.00 bits per heavy atom. The molecule has 0 spiro atoms. The second-order valence-corrected chi connectivity index (χ2v) is 7.47. The van der Waals surface area contributed by atoms with Crippen LogP contribution in [0.5, 0.6) is 11.5 Å². The van der Waals surface area contributed by atoms with E-state index in [1.54, 1.807) is 29.2 Å². The number of amides is 2. The minimum atomic E-state index is -0.642. The number of nitrogens with zero attached hydrogens (tertiary/aromatic N) is 2. The van der Waals surface area contributed by atoms with E-state index in [1.165, 1.54) is 35.4 Å². The zero-order valence-electron chi connectivity index (χ0n) is 17.9. The molecule has 2 aromatic carbocycles. The van der Waals surface area contributed by atoms with Gasteiger partial charge in [0.05, 0.1) is 18.4 Å². The highest BCUT2D eigenvalue weighted by Crippen LogP contribution is 2.33. The third kappa shape index (κ3) is 5.23. The van der Waals surface area contributed by atoms with Crippen LogP contribution in [0.4, 0.5) is 4.39 Å². The average molecular weight is 450 g/mol.